The lowest BCUT2D eigenvalue weighted by Crippen LogP contribution is -2.25. The largest absolute Gasteiger partial charge is 0.351 e. The second-order valence-electron chi connectivity index (χ2n) is 6.30. The van der Waals surface area contributed by atoms with Gasteiger partial charge in [-0.2, -0.15) is 5.10 Å². The van der Waals surface area contributed by atoms with Gasteiger partial charge in [-0.15, -0.1) is 0 Å². The van der Waals surface area contributed by atoms with Crippen molar-refractivity contribution in [3.63, 3.8) is 0 Å². The Balaban J connectivity index is 1.49. The average molecular weight is 460 g/mol. The van der Waals surface area contributed by atoms with Crippen LogP contribution in [0.4, 0.5) is 0 Å². The van der Waals surface area contributed by atoms with E-state index in [9.17, 15) is 9.59 Å². The van der Waals surface area contributed by atoms with Crippen molar-refractivity contribution in [3.8, 4) is 5.69 Å². The van der Waals surface area contributed by atoms with E-state index in [1.807, 2.05) is 24.3 Å². The maximum atomic E-state index is 12.4. The van der Waals surface area contributed by atoms with Crippen LogP contribution in [0.2, 0.25) is 10.0 Å². The zero-order chi connectivity index (χ0) is 21.1. The van der Waals surface area contributed by atoms with Gasteiger partial charge in [0.2, 0.25) is 5.91 Å². The topological polar surface area (TPSA) is 92.7 Å². The normalized spacial score (nSPS) is 11.0. The molecule has 1 amide bonds. The molecular weight excluding hydrogens is 445 g/mol. The smallest absolute Gasteiger partial charge is 0.262 e. The highest BCUT2D eigenvalue weighted by Crippen LogP contribution is 2.20. The first-order valence-electron chi connectivity index (χ1n) is 8.88. The third kappa shape index (κ3) is 4.51. The highest BCUT2D eigenvalue weighted by molar-refractivity contribution is 7.99. The van der Waals surface area contributed by atoms with Gasteiger partial charge in [0.05, 0.1) is 17.6 Å². The Hall–Kier alpha value is -2.81. The van der Waals surface area contributed by atoms with Crippen LogP contribution in [0.25, 0.3) is 16.7 Å². The van der Waals surface area contributed by atoms with E-state index in [2.05, 4.69) is 20.4 Å². The van der Waals surface area contributed by atoms with Crippen molar-refractivity contribution in [3.05, 3.63) is 80.7 Å². The zero-order valence-corrected chi connectivity index (χ0v) is 17.8. The molecule has 0 unspecified atom stereocenters. The SMILES string of the molecule is O=C(CSc1nc2c(cnn2-c2cccc(Cl)c2)c(=O)[nH]1)NCc1ccccc1Cl. The molecule has 0 aliphatic carbocycles. The first kappa shape index (κ1) is 20.5. The van der Waals surface area contributed by atoms with E-state index in [1.54, 1.807) is 24.3 Å². The van der Waals surface area contributed by atoms with Crippen molar-refractivity contribution in [1.29, 1.82) is 0 Å². The number of nitrogens with zero attached hydrogens (tertiary/aromatic N) is 3. The fourth-order valence-corrected chi connectivity index (χ4v) is 3.86. The number of nitrogens with one attached hydrogen (secondary N) is 2. The minimum Gasteiger partial charge on any atom is -0.351 e. The minimum absolute atomic E-state index is 0.0875. The van der Waals surface area contributed by atoms with Gasteiger partial charge in [0.15, 0.2) is 10.8 Å². The molecule has 0 radical (unpaired) electrons. The van der Waals surface area contributed by atoms with E-state index >= 15 is 0 Å². The van der Waals surface area contributed by atoms with Gasteiger partial charge < -0.3 is 10.3 Å². The number of hydrogen-bond donors (Lipinski definition) is 2. The molecular formula is C20H15Cl2N5O2S. The standard InChI is InChI=1S/C20H15Cl2N5O2S/c21-13-5-3-6-14(8-13)27-18-15(10-24-27)19(29)26-20(25-18)30-11-17(28)23-9-12-4-1-2-7-16(12)22/h1-8,10H,9,11H2,(H,23,28)(H,25,26,29). The van der Waals surface area contributed by atoms with Crippen LogP contribution in [0, 0.1) is 0 Å². The number of aromatic nitrogens is 4. The van der Waals surface area contributed by atoms with E-state index < -0.39 is 0 Å². The zero-order valence-electron chi connectivity index (χ0n) is 15.4. The number of aromatic amines is 1. The number of hydrogen-bond acceptors (Lipinski definition) is 5. The van der Waals surface area contributed by atoms with Crippen LogP contribution in [0.1, 0.15) is 5.56 Å². The van der Waals surface area contributed by atoms with Gasteiger partial charge in [-0.05, 0) is 29.8 Å². The summed E-state index contributed by atoms with van der Waals surface area (Å²) in [6.45, 7) is 0.323. The molecule has 4 aromatic rings. The van der Waals surface area contributed by atoms with Crippen LogP contribution in [0.3, 0.4) is 0 Å². The summed E-state index contributed by atoms with van der Waals surface area (Å²) in [4.78, 5) is 31.7. The van der Waals surface area contributed by atoms with Gasteiger partial charge in [-0.3, -0.25) is 9.59 Å². The summed E-state index contributed by atoms with van der Waals surface area (Å²) in [5.41, 5.74) is 1.58. The highest BCUT2D eigenvalue weighted by atomic mass is 35.5. The lowest BCUT2D eigenvalue weighted by Gasteiger charge is -2.07. The number of H-pyrrole nitrogens is 1. The predicted molar refractivity (Wildman–Crippen MR) is 119 cm³/mol. The molecule has 152 valence electrons. The number of rotatable bonds is 6. The average Bonchev–Trinajstić information content (AvgIpc) is 3.16. The van der Waals surface area contributed by atoms with Gasteiger partial charge in [0, 0.05) is 16.6 Å². The van der Waals surface area contributed by atoms with Crippen molar-refractivity contribution in [1.82, 2.24) is 25.1 Å². The van der Waals surface area contributed by atoms with Crippen LogP contribution in [0.15, 0.2) is 64.7 Å². The lowest BCUT2D eigenvalue weighted by molar-refractivity contribution is -0.118. The van der Waals surface area contributed by atoms with E-state index in [-0.39, 0.29) is 17.2 Å². The van der Waals surface area contributed by atoms with Crippen LogP contribution in [-0.4, -0.2) is 31.4 Å². The fourth-order valence-electron chi connectivity index (χ4n) is 2.78. The Labute approximate surface area is 185 Å². The number of benzene rings is 2. The molecule has 2 heterocycles. The molecule has 2 aromatic heterocycles. The molecule has 2 N–H and O–H groups in total. The van der Waals surface area contributed by atoms with E-state index in [4.69, 9.17) is 23.2 Å². The third-order valence-corrected chi connectivity index (χ3v) is 5.72. The molecule has 0 atom stereocenters. The molecule has 0 fully saturated rings. The van der Waals surface area contributed by atoms with Crippen molar-refractivity contribution in [2.24, 2.45) is 0 Å². The first-order chi connectivity index (χ1) is 14.5. The van der Waals surface area contributed by atoms with Crippen LogP contribution >= 0.6 is 35.0 Å². The number of carbonyl (C=O) groups excluding carboxylic acids is 1. The molecule has 0 saturated carbocycles. The summed E-state index contributed by atoms with van der Waals surface area (Å²) in [6, 6.07) is 14.4. The number of amides is 1. The molecule has 0 spiro atoms. The maximum absolute atomic E-state index is 12.4. The molecule has 0 aliphatic heterocycles. The second kappa shape index (κ2) is 8.91. The van der Waals surface area contributed by atoms with E-state index in [0.717, 1.165) is 17.3 Å². The summed E-state index contributed by atoms with van der Waals surface area (Å²) in [6.07, 6.45) is 1.45. The fraction of sp³-hybridized carbons (Fsp3) is 0.100. The maximum Gasteiger partial charge on any atom is 0.262 e. The summed E-state index contributed by atoms with van der Waals surface area (Å²) in [7, 11) is 0. The molecule has 10 heteroatoms. The number of fused-ring (bicyclic) bond motifs is 1. The van der Waals surface area contributed by atoms with E-state index in [0.29, 0.717) is 38.5 Å². The molecule has 0 aliphatic rings. The van der Waals surface area contributed by atoms with Gasteiger partial charge >= 0.3 is 0 Å². The lowest BCUT2D eigenvalue weighted by atomic mass is 10.2. The molecule has 2 aromatic carbocycles. The monoisotopic (exact) mass is 459 g/mol. The Morgan fingerprint density at radius 1 is 1.17 bits per heavy atom. The quantitative estimate of drug-likeness (QED) is 0.337. The first-order valence-corrected chi connectivity index (χ1v) is 10.6. The number of halogens is 2. The van der Waals surface area contributed by atoms with Gasteiger partial charge in [0.1, 0.15) is 5.39 Å². The van der Waals surface area contributed by atoms with Crippen LogP contribution in [-0.2, 0) is 11.3 Å². The number of carbonyl (C=O) groups is 1. The summed E-state index contributed by atoms with van der Waals surface area (Å²) < 4.78 is 1.54. The number of thioether (sulfide) groups is 1. The van der Waals surface area contributed by atoms with Crippen LogP contribution in [0.5, 0.6) is 0 Å². The molecule has 0 bridgehead atoms. The highest BCUT2D eigenvalue weighted by Gasteiger charge is 2.13. The van der Waals surface area contributed by atoms with Crippen molar-refractivity contribution in [2.75, 3.05) is 5.75 Å². The van der Waals surface area contributed by atoms with Gasteiger partial charge in [-0.25, -0.2) is 9.67 Å². The molecule has 4 rings (SSSR count). The van der Waals surface area contributed by atoms with Crippen molar-refractivity contribution >= 4 is 51.9 Å². The summed E-state index contributed by atoms with van der Waals surface area (Å²) >= 11 is 13.3. The molecule has 30 heavy (non-hydrogen) atoms. The molecule has 0 saturated heterocycles. The van der Waals surface area contributed by atoms with Crippen LogP contribution < -0.4 is 10.9 Å². The summed E-state index contributed by atoms with van der Waals surface area (Å²) in [5, 5.41) is 8.87. The Morgan fingerprint density at radius 3 is 2.80 bits per heavy atom. The summed E-state index contributed by atoms with van der Waals surface area (Å²) in [5.74, 6) is -0.115. The van der Waals surface area contributed by atoms with Gasteiger partial charge in [0.25, 0.3) is 5.56 Å². The third-order valence-electron chi connectivity index (χ3n) is 4.24. The molecule has 7 nitrogen and oxygen atoms in total. The Bertz CT molecular complexity index is 1290. The van der Waals surface area contributed by atoms with Crippen molar-refractivity contribution < 1.29 is 4.79 Å². The Morgan fingerprint density at radius 2 is 2.00 bits per heavy atom. The minimum atomic E-state index is -0.327. The second-order valence-corrected chi connectivity index (χ2v) is 8.11. The van der Waals surface area contributed by atoms with Crippen molar-refractivity contribution in [2.45, 2.75) is 11.7 Å². The van der Waals surface area contributed by atoms with Gasteiger partial charge in [-0.1, -0.05) is 59.2 Å². The predicted octanol–water partition coefficient (Wildman–Crippen LogP) is 3.82. The Kier molecular flexibility index (Phi) is 6.08. The van der Waals surface area contributed by atoms with E-state index in [1.165, 1.54) is 10.9 Å².